The average molecular weight is 331 g/mol. The Balaban J connectivity index is 0.000000441. The number of hydrogen-bond acceptors (Lipinski definition) is 3. The van der Waals surface area contributed by atoms with Gasteiger partial charge in [0.2, 0.25) is 0 Å². The van der Waals surface area contributed by atoms with Gasteiger partial charge < -0.3 is 5.11 Å². The molecular weight excluding hydrogens is 310 g/mol. The van der Waals surface area contributed by atoms with Gasteiger partial charge in [-0.05, 0) is 20.8 Å². The second-order valence-electron chi connectivity index (χ2n) is 5.23. The molecule has 5 heteroatoms. The van der Waals surface area contributed by atoms with E-state index in [-0.39, 0.29) is 5.97 Å². The molecule has 0 heterocycles. The van der Waals surface area contributed by atoms with Crippen LogP contribution in [0, 0.1) is 5.41 Å². The molecule has 1 N–H and O–H groups in total. The molecule has 0 aromatic heterocycles. The van der Waals surface area contributed by atoms with Crippen molar-refractivity contribution in [1.29, 1.82) is 0 Å². The van der Waals surface area contributed by atoms with E-state index in [2.05, 4.69) is 0 Å². The standard InChI is InChI=1S/C10H11O2.C5H10O2.Zn/c1-3-12-10(11)9-6-4-5-8(2)7-9;1-5(2,3)4(6)7;/h4-7H,2-3H2,1H3;1-3H3,(H,6,7);. The fourth-order valence-electron chi connectivity index (χ4n) is 1.07. The first-order valence-corrected chi connectivity index (χ1v) is 8.60. The van der Waals surface area contributed by atoms with Crippen molar-refractivity contribution in [1.82, 2.24) is 0 Å². The molecule has 20 heavy (non-hydrogen) atoms. The molecule has 107 valence electrons. The predicted molar refractivity (Wildman–Crippen MR) is 73.2 cm³/mol. The van der Waals surface area contributed by atoms with Crippen molar-refractivity contribution in [3.05, 3.63) is 35.4 Å². The van der Waals surface area contributed by atoms with Crippen LogP contribution in [0.5, 0.6) is 0 Å². The summed E-state index contributed by atoms with van der Waals surface area (Å²) in [6, 6.07) is 7.63. The van der Waals surface area contributed by atoms with Crippen molar-refractivity contribution >= 4 is 11.9 Å². The molecule has 4 nitrogen and oxygen atoms in total. The summed E-state index contributed by atoms with van der Waals surface area (Å²) in [5, 5.41) is 9.31. The topological polar surface area (TPSA) is 63.6 Å². The van der Waals surface area contributed by atoms with Gasteiger partial charge in [0.1, 0.15) is 0 Å². The van der Waals surface area contributed by atoms with Crippen molar-refractivity contribution in [2.75, 3.05) is 6.61 Å². The van der Waals surface area contributed by atoms with Gasteiger partial charge in [0.25, 0.3) is 0 Å². The molecule has 1 aromatic carbocycles. The summed E-state index contributed by atoms with van der Waals surface area (Å²) < 4.78 is 4.90. The molecule has 1 aromatic rings. The summed E-state index contributed by atoms with van der Waals surface area (Å²) in [5.41, 5.74) is 1.29. The van der Waals surface area contributed by atoms with Crippen molar-refractivity contribution in [3.63, 3.8) is 0 Å². The second kappa shape index (κ2) is 8.86. The van der Waals surface area contributed by atoms with Gasteiger partial charge >= 0.3 is 93.7 Å². The summed E-state index contributed by atoms with van der Waals surface area (Å²) >= 11 is 1.21. The summed E-state index contributed by atoms with van der Waals surface area (Å²) in [4.78, 5) is 21.3. The number of carboxylic acid groups (broad SMARTS) is 1. The Bertz CT molecular complexity index is 449. The van der Waals surface area contributed by atoms with E-state index < -0.39 is 11.4 Å². The van der Waals surface area contributed by atoms with E-state index in [1.54, 1.807) is 26.8 Å². The number of hydrogen-bond donors (Lipinski definition) is 1. The zero-order chi connectivity index (χ0) is 15.8. The molecule has 0 saturated carbocycles. The third-order valence-corrected chi connectivity index (χ3v) is 3.58. The minimum atomic E-state index is -0.757. The fourth-order valence-corrected chi connectivity index (χ4v) is 1.72. The number of aliphatic carboxylic acids is 1. The maximum absolute atomic E-state index is 11.3. The van der Waals surface area contributed by atoms with E-state index >= 15 is 0 Å². The molecule has 0 bridgehead atoms. The van der Waals surface area contributed by atoms with E-state index in [4.69, 9.17) is 9.84 Å². The average Bonchev–Trinajstić information content (AvgIpc) is 2.38. The molecule has 0 amide bonds. The summed E-state index contributed by atoms with van der Waals surface area (Å²) in [5.74, 6) is -0.981. The summed E-state index contributed by atoms with van der Waals surface area (Å²) in [6.45, 7) is 7.23. The van der Waals surface area contributed by atoms with Crippen molar-refractivity contribution < 1.29 is 37.7 Å². The molecule has 1 rings (SSSR count). The van der Waals surface area contributed by atoms with Gasteiger partial charge in [-0.1, -0.05) is 0 Å². The number of rotatable bonds is 3. The van der Waals surface area contributed by atoms with Crippen molar-refractivity contribution in [2.24, 2.45) is 5.41 Å². The van der Waals surface area contributed by atoms with E-state index in [0.29, 0.717) is 12.2 Å². The van der Waals surface area contributed by atoms with Gasteiger partial charge in [-0.15, -0.1) is 0 Å². The first-order chi connectivity index (χ1) is 9.22. The van der Waals surface area contributed by atoms with Gasteiger partial charge in [0.05, 0.1) is 5.41 Å². The Morgan fingerprint density at radius 1 is 1.30 bits per heavy atom. The van der Waals surface area contributed by atoms with Gasteiger partial charge in [-0.3, -0.25) is 4.79 Å². The third-order valence-electron chi connectivity index (χ3n) is 2.37. The van der Waals surface area contributed by atoms with Crippen LogP contribution in [0.2, 0.25) is 0 Å². The molecule has 0 radical (unpaired) electrons. The van der Waals surface area contributed by atoms with E-state index in [1.165, 1.54) is 23.9 Å². The Morgan fingerprint density at radius 2 is 1.85 bits per heavy atom. The van der Waals surface area contributed by atoms with Gasteiger partial charge in [0.15, 0.2) is 0 Å². The molecule has 0 unspecified atom stereocenters. The SMILES string of the molecule is CC(C)(C)C(=O)O.CCOC(=O)c1cccc([CH2][Zn])c1. The number of carbonyl (C=O) groups excluding carboxylic acids is 1. The van der Waals surface area contributed by atoms with Crippen LogP contribution in [-0.4, -0.2) is 23.7 Å². The van der Waals surface area contributed by atoms with Crippen LogP contribution < -0.4 is 0 Å². The molecule has 0 saturated heterocycles. The zero-order valence-electron chi connectivity index (χ0n) is 12.6. The van der Waals surface area contributed by atoms with Gasteiger partial charge in [0, 0.05) is 0 Å². The molecule has 0 atom stereocenters. The molecule has 0 fully saturated rings. The van der Waals surface area contributed by atoms with Crippen molar-refractivity contribution in [2.45, 2.75) is 32.7 Å². The Hall–Kier alpha value is -1.22. The minimum absolute atomic E-state index is 0.224. The first-order valence-electron chi connectivity index (χ1n) is 6.51. The molecule has 0 aliphatic carbocycles. The van der Waals surface area contributed by atoms with Gasteiger partial charge in [-0.2, -0.15) is 0 Å². The number of ether oxygens (including phenoxy) is 1. The zero-order valence-corrected chi connectivity index (χ0v) is 15.6. The number of benzene rings is 1. The summed E-state index contributed by atoms with van der Waals surface area (Å²) in [7, 11) is 0. The van der Waals surface area contributed by atoms with Crippen LogP contribution >= 0.6 is 0 Å². The number of carboxylic acids is 1. The summed E-state index contributed by atoms with van der Waals surface area (Å²) in [6.07, 6.45) is 0. The van der Waals surface area contributed by atoms with E-state index in [1.807, 2.05) is 25.1 Å². The number of carbonyl (C=O) groups is 2. The normalized spacial score (nSPS) is 10.3. The Labute approximate surface area is 130 Å². The van der Waals surface area contributed by atoms with Crippen LogP contribution in [0.15, 0.2) is 24.3 Å². The number of esters is 1. The Morgan fingerprint density at radius 3 is 2.25 bits per heavy atom. The van der Waals surface area contributed by atoms with Crippen LogP contribution in [-0.2, 0) is 32.8 Å². The monoisotopic (exact) mass is 329 g/mol. The Kier molecular flexibility index (Phi) is 8.32. The van der Waals surface area contributed by atoms with Crippen LogP contribution in [0.4, 0.5) is 0 Å². The quantitative estimate of drug-likeness (QED) is 0.683. The fraction of sp³-hybridized carbons (Fsp3) is 0.467. The third kappa shape index (κ3) is 7.39. The van der Waals surface area contributed by atoms with Gasteiger partial charge in [-0.25, -0.2) is 0 Å². The van der Waals surface area contributed by atoms with Crippen LogP contribution in [0.25, 0.3) is 0 Å². The first kappa shape index (κ1) is 18.8. The van der Waals surface area contributed by atoms with Crippen LogP contribution in [0.1, 0.15) is 43.6 Å². The van der Waals surface area contributed by atoms with E-state index in [9.17, 15) is 9.59 Å². The maximum atomic E-state index is 11.3. The second-order valence-corrected chi connectivity index (χ2v) is 6.28. The van der Waals surface area contributed by atoms with E-state index in [0.717, 1.165) is 5.02 Å². The van der Waals surface area contributed by atoms with Crippen molar-refractivity contribution in [3.8, 4) is 0 Å². The molecule has 0 aliphatic rings. The molecule has 0 spiro atoms. The molecule has 0 aliphatic heterocycles. The van der Waals surface area contributed by atoms with Crippen LogP contribution in [0.3, 0.4) is 0 Å². The molecular formula is C15H21O4Zn. The predicted octanol–water partition coefficient (Wildman–Crippen LogP) is 3.03.